The number of nitrogens with zero attached hydrogens (tertiary/aromatic N) is 1. The van der Waals surface area contributed by atoms with Crippen molar-refractivity contribution in [3.05, 3.63) is 72.3 Å². The van der Waals surface area contributed by atoms with E-state index in [1.54, 1.807) is 6.08 Å². The van der Waals surface area contributed by atoms with E-state index < -0.39 is 0 Å². The number of carbonyl (C=O) groups excluding carboxylic acids is 2. The number of rotatable bonds is 5. The fraction of sp³-hybridized carbons (Fsp3) is 0.200. The number of benzene rings is 2. The number of fused-ring (bicyclic) bond motifs is 1. The predicted molar refractivity (Wildman–Crippen MR) is 99.6 cm³/mol. The lowest BCUT2D eigenvalue weighted by molar-refractivity contribution is -0.119. The first-order chi connectivity index (χ1) is 12.2. The Morgan fingerprint density at radius 1 is 1.16 bits per heavy atom. The number of hydrogen-bond donors (Lipinski definition) is 2. The van der Waals surface area contributed by atoms with Crippen molar-refractivity contribution in [2.24, 2.45) is 0 Å². The summed E-state index contributed by atoms with van der Waals surface area (Å²) in [6.45, 7) is 4.53. The van der Waals surface area contributed by atoms with Gasteiger partial charge in [-0.05, 0) is 35.7 Å². The molecule has 2 N–H and O–H groups in total. The molecule has 0 spiro atoms. The van der Waals surface area contributed by atoms with Crippen molar-refractivity contribution >= 4 is 23.3 Å². The van der Waals surface area contributed by atoms with Gasteiger partial charge in [0.05, 0.1) is 6.54 Å². The van der Waals surface area contributed by atoms with E-state index in [0.717, 1.165) is 16.8 Å². The first-order valence-corrected chi connectivity index (χ1v) is 8.30. The van der Waals surface area contributed by atoms with Gasteiger partial charge in [0.2, 0.25) is 5.91 Å². The van der Waals surface area contributed by atoms with Crippen LogP contribution in [0.25, 0.3) is 0 Å². The van der Waals surface area contributed by atoms with Crippen LogP contribution in [0.3, 0.4) is 0 Å². The molecule has 0 fully saturated rings. The van der Waals surface area contributed by atoms with Gasteiger partial charge in [-0.3, -0.25) is 4.79 Å². The van der Waals surface area contributed by atoms with Gasteiger partial charge in [-0.15, -0.1) is 6.58 Å². The number of amides is 3. The van der Waals surface area contributed by atoms with E-state index in [9.17, 15) is 9.59 Å². The van der Waals surface area contributed by atoms with Crippen molar-refractivity contribution in [3.8, 4) is 0 Å². The largest absolute Gasteiger partial charge is 0.334 e. The molecule has 1 aliphatic heterocycles. The average Bonchev–Trinajstić information content (AvgIpc) is 2.63. The van der Waals surface area contributed by atoms with Crippen LogP contribution < -0.4 is 15.5 Å². The molecule has 0 bridgehead atoms. The lowest BCUT2D eigenvalue weighted by Crippen LogP contribution is -2.34. The van der Waals surface area contributed by atoms with Gasteiger partial charge in [-0.1, -0.05) is 36.4 Å². The molecule has 2 aromatic rings. The molecule has 1 aliphatic rings. The third-order valence-corrected chi connectivity index (χ3v) is 4.13. The minimum atomic E-state index is -0.270. The van der Waals surface area contributed by atoms with Gasteiger partial charge in [0, 0.05) is 24.3 Å². The number of hydrogen-bond acceptors (Lipinski definition) is 2. The zero-order chi connectivity index (χ0) is 17.6. The maximum atomic E-state index is 12.4. The van der Waals surface area contributed by atoms with Crippen molar-refractivity contribution in [2.75, 3.05) is 16.8 Å². The summed E-state index contributed by atoms with van der Waals surface area (Å²) in [5.74, 6) is 0.126. The van der Waals surface area contributed by atoms with E-state index >= 15 is 0 Å². The molecular formula is C20H21N3O2. The van der Waals surface area contributed by atoms with Crippen LogP contribution in [0.4, 0.5) is 16.2 Å². The van der Waals surface area contributed by atoms with Crippen LogP contribution in [0.2, 0.25) is 0 Å². The normalized spacial score (nSPS) is 13.1. The zero-order valence-corrected chi connectivity index (χ0v) is 14.0. The van der Waals surface area contributed by atoms with Gasteiger partial charge in [-0.25, -0.2) is 4.79 Å². The van der Waals surface area contributed by atoms with Crippen molar-refractivity contribution in [3.63, 3.8) is 0 Å². The molecule has 0 unspecified atom stereocenters. The number of nitrogens with one attached hydrogen (secondary N) is 2. The third-order valence-electron chi connectivity index (χ3n) is 4.13. The lowest BCUT2D eigenvalue weighted by Gasteiger charge is -2.30. The summed E-state index contributed by atoms with van der Waals surface area (Å²) >= 11 is 0. The van der Waals surface area contributed by atoms with E-state index in [4.69, 9.17) is 0 Å². The van der Waals surface area contributed by atoms with E-state index in [1.807, 2.05) is 53.4 Å². The first-order valence-electron chi connectivity index (χ1n) is 8.30. The molecule has 5 nitrogen and oxygen atoms in total. The molecule has 0 saturated carbocycles. The summed E-state index contributed by atoms with van der Waals surface area (Å²) in [7, 11) is 0. The maximum Gasteiger partial charge on any atom is 0.319 e. The second-order valence-electron chi connectivity index (χ2n) is 5.93. The van der Waals surface area contributed by atoms with Crippen LogP contribution in [0.5, 0.6) is 0 Å². The number of carbonyl (C=O) groups is 2. The van der Waals surface area contributed by atoms with E-state index in [-0.39, 0.29) is 11.9 Å². The summed E-state index contributed by atoms with van der Waals surface area (Å²) in [6, 6.07) is 15.3. The Bertz CT molecular complexity index is 787. The van der Waals surface area contributed by atoms with Crippen LogP contribution in [-0.2, 0) is 17.8 Å². The second-order valence-corrected chi connectivity index (χ2v) is 5.93. The molecule has 5 heteroatoms. The molecule has 0 aliphatic carbocycles. The topological polar surface area (TPSA) is 61.4 Å². The lowest BCUT2D eigenvalue weighted by atomic mass is 9.99. The Balaban J connectivity index is 1.78. The Hall–Kier alpha value is -3.08. The quantitative estimate of drug-likeness (QED) is 0.822. The monoisotopic (exact) mass is 335 g/mol. The number of aryl methyl sites for hydroxylation is 1. The first kappa shape index (κ1) is 16.8. The molecule has 25 heavy (non-hydrogen) atoms. The standard InChI is InChI=1S/C20H21N3O2/c1-2-12-21-20(25)22-17-9-10-18-16(13-17)8-11-19(24)23(18)14-15-6-4-3-5-7-15/h2-7,9-10,13H,1,8,11-12,14H2,(H2,21,22,25). The van der Waals surface area contributed by atoms with Crippen molar-refractivity contribution < 1.29 is 9.59 Å². The molecule has 128 valence electrons. The van der Waals surface area contributed by atoms with E-state index in [1.165, 1.54) is 0 Å². The fourth-order valence-electron chi connectivity index (χ4n) is 2.92. The van der Waals surface area contributed by atoms with Crippen molar-refractivity contribution in [1.82, 2.24) is 5.32 Å². The highest BCUT2D eigenvalue weighted by molar-refractivity contribution is 5.97. The van der Waals surface area contributed by atoms with Gasteiger partial charge in [-0.2, -0.15) is 0 Å². The molecule has 0 atom stereocenters. The summed E-state index contributed by atoms with van der Waals surface area (Å²) in [5, 5.41) is 5.48. The molecule has 0 radical (unpaired) electrons. The highest BCUT2D eigenvalue weighted by Gasteiger charge is 2.24. The van der Waals surface area contributed by atoms with Crippen LogP contribution in [0.1, 0.15) is 17.5 Å². The van der Waals surface area contributed by atoms with E-state index in [0.29, 0.717) is 31.6 Å². The second kappa shape index (κ2) is 7.66. The van der Waals surface area contributed by atoms with Crippen molar-refractivity contribution in [2.45, 2.75) is 19.4 Å². The molecule has 3 rings (SSSR count). The predicted octanol–water partition coefficient (Wildman–Crippen LogP) is 3.47. The highest BCUT2D eigenvalue weighted by Crippen LogP contribution is 2.31. The van der Waals surface area contributed by atoms with Crippen LogP contribution >= 0.6 is 0 Å². The molecule has 2 aromatic carbocycles. The van der Waals surface area contributed by atoms with Gasteiger partial charge in [0.15, 0.2) is 0 Å². The smallest absolute Gasteiger partial charge is 0.319 e. The Labute approximate surface area is 147 Å². The number of anilines is 2. The molecule has 3 amide bonds. The minimum absolute atomic E-state index is 0.126. The van der Waals surface area contributed by atoms with Crippen molar-refractivity contribution in [1.29, 1.82) is 0 Å². The number of urea groups is 1. The van der Waals surface area contributed by atoms with Crippen LogP contribution in [0, 0.1) is 0 Å². The zero-order valence-electron chi connectivity index (χ0n) is 14.0. The van der Waals surface area contributed by atoms with Gasteiger partial charge in [0.25, 0.3) is 0 Å². The van der Waals surface area contributed by atoms with Gasteiger partial charge in [0.1, 0.15) is 0 Å². The summed E-state index contributed by atoms with van der Waals surface area (Å²) in [4.78, 5) is 26.0. The Morgan fingerprint density at radius 3 is 2.72 bits per heavy atom. The maximum absolute atomic E-state index is 12.4. The Kier molecular flexibility index (Phi) is 5.14. The average molecular weight is 335 g/mol. The van der Waals surface area contributed by atoms with Gasteiger partial charge < -0.3 is 15.5 Å². The Morgan fingerprint density at radius 2 is 1.96 bits per heavy atom. The van der Waals surface area contributed by atoms with Gasteiger partial charge >= 0.3 is 6.03 Å². The van der Waals surface area contributed by atoms with E-state index in [2.05, 4.69) is 17.2 Å². The molecule has 0 saturated heterocycles. The molecule has 0 aromatic heterocycles. The fourth-order valence-corrected chi connectivity index (χ4v) is 2.92. The highest BCUT2D eigenvalue weighted by atomic mass is 16.2. The minimum Gasteiger partial charge on any atom is -0.334 e. The summed E-state index contributed by atoms with van der Waals surface area (Å²) < 4.78 is 0. The SMILES string of the molecule is C=CCNC(=O)Nc1ccc2c(c1)CCC(=O)N2Cc1ccccc1. The third kappa shape index (κ3) is 4.07. The molecule has 1 heterocycles. The summed E-state index contributed by atoms with van der Waals surface area (Å²) in [6.07, 6.45) is 2.79. The molecular weight excluding hydrogens is 314 g/mol. The summed E-state index contributed by atoms with van der Waals surface area (Å²) in [5.41, 5.74) is 3.79. The van der Waals surface area contributed by atoms with Crippen LogP contribution in [0.15, 0.2) is 61.2 Å². The van der Waals surface area contributed by atoms with Crippen LogP contribution in [-0.4, -0.2) is 18.5 Å².